The molecule has 7 rings (SSSR count). The van der Waals surface area contributed by atoms with Crippen LogP contribution >= 0.6 is 0 Å². The lowest BCUT2D eigenvalue weighted by atomic mass is 9.48. The van der Waals surface area contributed by atoms with Crippen LogP contribution in [0.5, 0.6) is 0 Å². The van der Waals surface area contributed by atoms with Gasteiger partial charge >= 0.3 is 6.18 Å². The fraction of sp³-hybridized carbons (Fsp3) is 0.231. The van der Waals surface area contributed by atoms with Crippen LogP contribution in [-0.4, -0.2) is 11.8 Å². The third-order valence-corrected chi connectivity index (χ3v) is 7.47. The van der Waals surface area contributed by atoms with E-state index in [1.807, 2.05) is 55.5 Å². The van der Waals surface area contributed by atoms with Crippen LogP contribution in [0.3, 0.4) is 0 Å². The smallest absolute Gasteiger partial charge is 0.274 e. The summed E-state index contributed by atoms with van der Waals surface area (Å²) in [6.45, 7) is 1.98. The summed E-state index contributed by atoms with van der Waals surface area (Å²) in [6, 6.07) is 20.1. The Morgan fingerprint density at radius 1 is 0.812 bits per heavy atom. The van der Waals surface area contributed by atoms with Gasteiger partial charge < -0.3 is 0 Å². The van der Waals surface area contributed by atoms with Crippen molar-refractivity contribution in [1.29, 1.82) is 0 Å². The largest absolute Gasteiger partial charge is 0.416 e. The zero-order valence-corrected chi connectivity index (χ0v) is 17.1. The standard InChI is InChI=1S/C26H18F3NO2/c1-25-18-11-4-2-9-16(18)20(17-10-3-5-12-19(17)25)21-22(25)24(32)30(23(21)31)15-8-6-7-14(13-15)26(27,28)29/h2-13,20-22H,1H3/t20?,21-,22-,25?/m0/s1. The zero-order chi connectivity index (χ0) is 22.4. The predicted molar refractivity (Wildman–Crippen MR) is 112 cm³/mol. The average Bonchev–Trinajstić information content (AvgIpc) is 3.05. The number of hydrogen-bond acceptors (Lipinski definition) is 2. The molecule has 0 saturated carbocycles. The number of alkyl halides is 3. The van der Waals surface area contributed by atoms with Crippen LogP contribution in [0.4, 0.5) is 18.9 Å². The van der Waals surface area contributed by atoms with Crippen LogP contribution in [0, 0.1) is 11.8 Å². The van der Waals surface area contributed by atoms with Crippen molar-refractivity contribution in [2.24, 2.45) is 11.8 Å². The molecule has 32 heavy (non-hydrogen) atoms. The van der Waals surface area contributed by atoms with Crippen molar-refractivity contribution in [2.75, 3.05) is 4.90 Å². The first kappa shape index (κ1) is 19.3. The minimum atomic E-state index is -4.56. The molecule has 0 radical (unpaired) electrons. The molecule has 3 aliphatic carbocycles. The second-order valence-corrected chi connectivity index (χ2v) is 8.92. The molecule has 2 bridgehead atoms. The van der Waals surface area contributed by atoms with Crippen molar-refractivity contribution in [3.8, 4) is 0 Å². The Morgan fingerprint density at radius 3 is 2.00 bits per heavy atom. The van der Waals surface area contributed by atoms with Gasteiger partial charge in [0.25, 0.3) is 0 Å². The second-order valence-electron chi connectivity index (χ2n) is 8.92. The van der Waals surface area contributed by atoms with Gasteiger partial charge in [-0.25, -0.2) is 4.90 Å². The molecule has 160 valence electrons. The first-order valence-corrected chi connectivity index (χ1v) is 10.5. The summed E-state index contributed by atoms with van der Waals surface area (Å²) in [6.07, 6.45) is -4.56. The molecule has 3 aromatic rings. The van der Waals surface area contributed by atoms with Crippen molar-refractivity contribution in [2.45, 2.75) is 24.4 Å². The van der Waals surface area contributed by atoms with E-state index in [1.165, 1.54) is 12.1 Å². The van der Waals surface area contributed by atoms with Crippen molar-refractivity contribution in [3.63, 3.8) is 0 Å². The fourth-order valence-electron chi connectivity index (χ4n) is 6.23. The summed E-state index contributed by atoms with van der Waals surface area (Å²) in [5.41, 5.74) is 2.40. The summed E-state index contributed by atoms with van der Waals surface area (Å²) in [5, 5.41) is 0. The number of nitrogens with zero attached hydrogens (tertiary/aromatic N) is 1. The van der Waals surface area contributed by atoms with Gasteiger partial charge in [0.15, 0.2) is 0 Å². The molecule has 1 aliphatic heterocycles. The molecule has 2 amide bonds. The van der Waals surface area contributed by atoms with E-state index in [9.17, 15) is 22.8 Å². The minimum Gasteiger partial charge on any atom is -0.274 e. The number of carbonyl (C=O) groups excluding carboxylic acids is 2. The van der Waals surface area contributed by atoms with Crippen molar-refractivity contribution < 1.29 is 22.8 Å². The van der Waals surface area contributed by atoms with Crippen LogP contribution in [-0.2, 0) is 21.2 Å². The molecule has 0 spiro atoms. The van der Waals surface area contributed by atoms with E-state index in [-0.39, 0.29) is 11.6 Å². The van der Waals surface area contributed by atoms with Crippen molar-refractivity contribution in [1.82, 2.24) is 0 Å². The van der Waals surface area contributed by atoms with E-state index in [4.69, 9.17) is 0 Å². The Morgan fingerprint density at radius 2 is 1.41 bits per heavy atom. The van der Waals surface area contributed by atoms with Crippen LogP contribution in [0.15, 0.2) is 72.8 Å². The van der Waals surface area contributed by atoms with E-state index >= 15 is 0 Å². The molecule has 1 fully saturated rings. The maximum Gasteiger partial charge on any atom is 0.416 e. The number of imide groups is 1. The van der Waals surface area contributed by atoms with Crippen LogP contribution < -0.4 is 4.90 Å². The van der Waals surface area contributed by atoms with E-state index in [0.29, 0.717) is 0 Å². The first-order chi connectivity index (χ1) is 15.2. The number of rotatable bonds is 1. The summed E-state index contributed by atoms with van der Waals surface area (Å²) in [5.74, 6) is -2.48. The Hall–Kier alpha value is -3.41. The highest BCUT2D eigenvalue weighted by Crippen LogP contribution is 2.64. The lowest BCUT2D eigenvalue weighted by molar-refractivity contribution is -0.137. The highest BCUT2D eigenvalue weighted by molar-refractivity contribution is 6.23. The van der Waals surface area contributed by atoms with Gasteiger partial charge in [0, 0.05) is 11.3 Å². The van der Waals surface area contributed by atoms with Gasteiger partial charge in [-0.3, -0.25) is 9.59 Å². The average molecular weight is 433 g/mol. The van der Waals surface area contributed by atoms with Gasteiger partial charge in [0.2, 0.25) is 11.8 Å². The molecule has 2 atom stereocenters. The maximum atomic E-state index is 13.8. The summed E-state index contributed by atoms with van der Waals surface area (Å²) >= 11 is 0. The molecular formula is C26H18F3NO2. The van der Waals surface area contributed by atoms with Crippen LogP contribution in [0.1, 0.15) is 40.7 Å². The van der Waals surface area contributed by atoms with Gasteiger partial charge in [0.1, 0.15) is 0 Å². The number of amides is 2. The maximum absolute atomic E-state index is 13.8. The monoisotopic (exact) mass is 433 g/mol. The van der Waals surface area contributed by atoms with E-state index in [2.05, 4.69) is 0 Å². The van der Waals surface area contributed by atoms with Crippen molar-refractivity contribution >= 4 is 17.5 Å². The van der Waals surface area contributed by atoms with Crippen LogP contribution in [0.25, 0.3) is 0 Å². The Balaban J connectivity index is 1.56. The number of halogens is 3. The van der Waals surface area contributed by atoms with Gasteiger partial charge in [-0.1, -0.05) is 61.5 Å². The molecule has 0 unspecified atom stereocenters. The fourth-order valence-corrected chi connectivity index (χ4v) is 6.23. The van der Waals surface area contributed by atoms with E-state index in [1.54, 1.807) is 0 Å². The summed E-state index contributed by atoms with van der Waals surface area (Å²) < 4.78 is 39.9. The molecular weight excluding hydrogens is 415 g/mol. The van der Waals surface area contributed by atoms with E-state index < -0.39 is 40.8 Å². The number of hydrogen-bond donors (Lipinski definition) is 0. The molecule has 3 nitrogen and oxygen atoms in total. The molecule has 1 saturated heterocycles. The van der Waals surface area contributed by atoms with E-state index in [0.717, 1.165) is 39.3 Å². The highest BCUT2D eigenvalue weighted by Gasteiger charge is 2.66. The van der Waals surface area contributed by atoms with Gasteiger partial charge in [-0.2, -0.15) is 13.2 Å². The quantitative estimate of drug-likeness (QED) is 0.490. The lowest BCUT2D eigenvalue weighted by Crippen LogP contribution is -2.51. The van der Waals surface area contributed by atoms with Gasteiger partial charge in [-0.05, 0) is 40.5 Å². The highest BCUT2D eigenvalue weighted by atomic mass is 19.4. The third kappa shape index (κ3) is 2.22. The Bertz CT molecular complexity index is 1260. The number of anilines is 1. The molecule has 6 heteroatoms. The van der Waals surface area contributed by atoms with Gasteiger partial charge in [0.05, 0.1) is 23.1 Å². The molecule has 1 heterocycles. The predicted octanol–water partition coefficient (Wildman–Crippen LogP) is 5.28. The van der Waals surface area contributed by atoms with Crippen LogP contribution in [0.2, 0.25) is 0 Å². The lowest BCUT2D eigenvalue weighted by Gasteiger charge is -2.52. The SMILES string of the molecule is CC12c3ccccc3C(c3ccccc31)[C@@H]1C(=O)N(c3cccc(C(F)(F)F)c3)C(=O)[C@H]12. The molecule has 3 aromatic carbocycles. The van der Waals surface area contributed by atoms with Crippen molar-refractivity contribution in [3.05, 3.63) is 101 Å². The Labute approximate surface area is 182 Å². The number of carbonyl (C=O) groups is 2. The Kier molecular flexibility index (Phi) is 3.67. The normalized spacial score (nSPS) is 27.9. The second kappa shape index (κ2) is 6.09. The third-order valence-electron chi connectivity index (χ3n) is 7.47. The number of benzene rings is 3. The summed E-state index contributed by atoms with van der Waals surface area (Å²) in [4.78, 5) is 28.4. The summed E-state index contributed by atoms with van der Waals surface area (Å²) in [7, 11) is 0. The topological polar surface area (TPSA) is 37.4 Å². The molecule has 0 aromatic heterocycles. The molecule has 0 N–H and O–H groups in total. The van der Waals surface area contributed by atoms with Gasteiger partial charge in [-0.15, -0.1) is 0 Å². The molecule has 4 aliphatic rings. The first-order valence-electron chi connectivity index (χ1n) is 10.5. The zero-order valence-electron chi connectivity index (χ0n) is 17.1. The minimum absolute atomic E-state index is 0.0275.